The molecule has 0 saturated carbocycles. The molecule has 16 heteroatoms. The van der Waals surface area contributed by atoms with E-state index in [1.165, 1.54) is 11.8 Å². The van der Waals surface area contributed by atoms with E-state index in [0.717, 1.165) is 61.9 Å². The highest BCUT2D eigenvalue weighted by Crippen LogP contribution is 2.19. The van der Waals surface area contributed by atoms with Gasteiger partial charge in [-0.05, 0) is 5.75 Å². The second-order valence-electron chi connectivity index (χ2n) is 7.36. The van der Waals surface area contributed by atoms with Gasteiger partial charge in [0.1, 0.15) is 24.7 Å². The van der Waals surface area contributed by atoms with E-state index in [2.05, 4.69) is 0 Å². The lowest BCUT2D eigenvalue weighted by atomic mass is 10.5. The number of ether oxygens (including phenoxy) is 2. The van der Waals surface area contributed by atoms with Gasteiger partial charge in [-0.15, -0.1) is 11.8 Å². The van der Waals surface area contributed by atoms with E-state index >= 15 is 0 Å². The molecule has 0 amide bonds. The molecule has 0 aromatic heterocycles. The lowest BCUT2D eigenvalue weighted by molar-refractivity contribution is -0.144. The number of aliphatic hydroxyl groups is 2. The van der Waals surface area contributed by atoms with Crippen molar-refractivity contribution in [1.29, 1.82) is 0 Å². The molecule has 230 valence electrons. The first-order chi connectivity index (χ1) is 19.0. The maximum Gasteiger partial charge on any atom is 0.306 e. The summed E-state index contributed by atoms with van der Waals surface area (Å²) in [6.45, 7) is -0.175. The first-order valence-corrected chi connectivity index (χ1v) is 21.9. The zero-order chi connectivity index (χ0) is 28.8. The van der Waals surface area contributed by atoms with Gasteiger partial charge in [-0.2, -0.15) is 58.8 Å². The highest BCUT2D eigenvalue weighted by atomic mass is 32.2. The van der Waals surface area contributed by atoms with E-state index in [1.54, 1.807) is 58.8 Å². The molecule has 0 fully saturated rings. The van der Waals surface area contributed by atoms with Crippen molar-refractivity contribution >= 4 is 111 Å². The summed E-state index contributed by atoms with van der Waals surface area (Å²) in [7, 11) is 0. The standard InChI is InChI=1S/C23H42O8S8/c24-5-7-30-21(26)2-10-33-18-32-9-1-16-39(29)17-15-37-20-36-13-14-38-23(28)4-12-35-19-34-11-3-22(27)31-8-6-25/h24-25H,1-20H2. The zero-order valence-electron chi connectivity index (χ0n) is 22.3. The topological polar surface area (TPSA) is 133 Å². The third-order valence-corrected chi connectivity index (χ3v) is 14.1. The Morgan fingerprint density at radius 2 is 1.10 bits per heavy atom. The molecule has 0 heterocycles. The summed E-state index contributed by atoms with van der Waals surface area (Å²) in [4.78, 5) is 34.5. The molecule has 0 radical (unpaired) electrons. The molecule has 0 aliphatic rings. The summed E-state index contributed by atoms with van der Waals surface area (Å²) in [5.74, 6) is 6.67. The molecule has 0 rings (SSSR count). The first-order valence-electron chi connectivity index (χ1n) is 12.5. The Labute approximate surface area is 266 Å². The average Bonchev–Trinajstić information content (AvgIpc) is 2.92. The van der Waals surface area contributed by atoms with Crippen molar-refractivity contribution in [3.63, 3.8) is 0 Å². The lowest BCUT2D eigenvalue weighted by Crippen LogP contribution is -2.13. The molecule has 0 aliphatic heterocycles. The Morgan fingerprint density at radius 3 is 1.67 bits per heavy atom. The summed E-state index contributed by atoms with van der Waals surface area (Å²) in [6, 6.07) is 0. The molecule has 39 heavy (non-hydrogen) atoms. The van der Waals surface area contributed by atoms with Crippen LogP contribution < -0.4 is 0 Å². The van der Waals surface area contributed by atoms with Gasteiger partial charge in [0.2, 0.25) is 0 Å². The van der Waals surface area contributed by atoms with E-state index in [0.29, 0.717) is 30.8 Å². The Bertz CT molecular complexity index is 606. The Kier molecular flexibility index (Phi) is 33.3. The van der Waals surface area contributed by atoms with Crippen LogP contribution in [-0.2, 0) is 35.0 Å². The van der Waals surface area contributed by atoms with Gasteiger partial charge in [-0.25, -0.2) is 0 Å². The number of carbonyl (C=O) groups is 3. The number of rotatable bonds is 29. The van der Waals surface area contributed by atoms with Crippen molar-refractivity contribution in [2.24, 2.45) is 0 Å². The second kappa shape index (κ2) is 32.2. The van der Waals surface area contributed by atoms with Crippen LogP contribution in [0.2, 0.25) is 0 Å². The minimum Gasteiger partial charge on any atom is -0.616 e. The van der Waals surface area contributed by atoms with Crippen LogP contribution in [0.1, 0.15) is 25.7 Å². The molecule has 0 bridgehead atoms. The summed E-state index contributed by atoms with van der Waals surface area (Å²) in [5, 5.41) is 20.1. The quantitative estimate of drug-likeness (QED) is 0.0505. The largest absolute Gasteiger partial charge is 0.616 e. The van der Waals surface area contributed by atoms with Crippen LogP contribution in [0.3, 0.4) is 0 Å². The molecule has 0 saturated heterocycles. The number of aliphatic hydroxyl groups excluding tert-OH is 2. The maximum absolute atomic E-state index is 12.1. The summed E-state index contributed by atoms with van der Waals surface area (Å²) in [6.07, 6.45) is 2.18. The fourth-order valence-electron chi connectivity index (χ4n) is 2.32. The van der Waals surface area contributed by atoms with Crippen molar-refractivity contribution in [2.45, 2.75) is 25.7 Å². The average molecular weight is 703 g/mol. The third kappa shape index (κ3) is 32.0. The molecule has 0 aliphatic carbocycles. The van der Waals surface area contributed by atoms with E-state index in [-0.39, 0.29) is 43.5 Å². The third-order valence-electron chi connectivity index (χ3n) is 4.17. The van der Waals surface area contributed by atoms with Gasteiger partial charge in [-0.3, -0.25) is 14.4 Å². The van der Waals surface area contributed by atoms with E-state index in [1.807, 2.05) is 11.8 Å². The van der Waals surface area contributed by atoms with E-state index < -0.39 is 11.2 Å². The van der Waals surface area contributed by atoms with Crippen molar-refractivity contribution in [3.05, 3.63) is 0 Å². The predicted molar refractivity (Wildman–Crippen MR) is 179 cm³/mol. The van der Waals surface area contributed by atoms with Crippen LogP contribution >= 0.6 is 82.3 Å². The van der Waals surface area contributed by atoms with Crippen LogP contribution in [0.15, 0.2) is 0 Å². The fraction of sp³-hybridized carbons (Fsp3) is 0.870. The van der Waals surface area contributed by atoms with Gasteiger partial charge in [0.05, 0.1) is 26.1 Å². The Hall–Kier alpha value is 1.29. The minimum atomic E-state index is -0.777. The predicted octanol–water partition coefficient (Wildman–Crippen LogP) is 3.90. The van der Waals surface area contributed by atoms with Gasteiger partial charge in [0.25, 0.3) is 0 Å². The highest BCUT2D eigenvalue weighted by molar-refractivity contribution is 8.18. The van der Waals surface area contributed by atoms with Crippen molar-refractivity contribution < 1.29 is 38.6 Å². The molecule has 0 spiro atoms. The minimum absolute atomic E-state index is 0.0532. The Balaban J connectivity index is 3.34. The smallest absolute Gasteiger partial charge is 0.306 e. The van der Waals surface area contributed by atoms with Crippen molar-refractivity contribution in [3.8, 4) is 0 Å². The fourth-order valence-corrected chi connectivity index (χ4v) is 11.3. The maximum atomic E-state index is 12.1. The molecule has 2 N–H and O–H groups in total. The first kappa shape index (κ1) is 40.3. The van der Waals surface area contributed by atoms with Crippen molar-refractivity contribution in [2.75, 3.05) is 93.5 Å². The van der Waals surface area contributed by atoms with Crippen LogP contribution in [0.4, 0.5) is 0 Å². The number of thioether (sulfide) groups is 7. The molecule has 0 aromatic carbocycles. The molecule has 0 aromatic rings. The molecular formula is C23H42O8S8. The van der Waals surface area contributed by atoms with Crippen LogP contribution in [0.25, 0.3) is 0 Å². The molecule has 1 atom stereocenters. The van der Waals surface area contributed by atoms with Crippen LogP contribution in [0.5, 0.6) is 0 Å². The lowest BCUT2D eigenvalue weighted by Gasteiger charge is -2.10. The van der Waals surface area contributed by atoms with Gasteiger partial charge in [0.15, 0.2) is 5.12 Å². The van der Waals surface area contributed by atoms with Crippen molar-refractivity contribution in [1.82, 2.24) is 0 Å². The van der Waals surface area contributed by atoms with Crippen LogP contribution in [0, 0.1) is 0 Å². The Morgan fingerprint density at radius 1 is 0.615 bits per heavy atom. The monoisotopic (exact) mass is 702 g/mol. The zero-order valence-corrected chi connectivity index (χ0v) is 28.8. The highest BCUT2D eigenvalue weighted by Gasteiger charge is 2.07. The number of esters is 2. The number of hydrogen-bond donors (Lipinski definition) is 2. The normalized spacial score (nSPS) is 11.9. The molecule has 8 nitrogen and oxygen atoms in total. The van der Waals surface area contributed by atoms with Crippen LogP contribution in [-0.4, -0.2) is 125 Å². The van der Waals surface area contributed by atoms with Gasteiger partial charge < -0.3 is 24.2 Å². The molecular weight excluding hydrogens is 661 g/mol. The van der Waals surface area contributed by atoms with Gasteiger partial charge in [0, 0.05) is 62.6 Å². The van der Waals surface area contributed by atoms with E-state index in [4.69, 9.17) is 19.7 Å². The number of carbonyl (C=O) groups excluding carboxylic acids is 3. The number of hydrogen-bond acceptors (Lipinski definition) is 15. The molecule has 1 unspecified atom stereocenters. The van der Waals surface area contributed by atoms with E-state index in [9.17, 15) is 18.9 Å². The summed E-state index contributed by atoms with van der Waals surface area (Å²) in [5.41, 5.74) is 0. The summed E-state index contributed by atoms with van der Waals surface area (Å²) < 4.78 is 21.7. The van der Waals surface area contributed by atoms with Gasteiger partial charge >= 0.3 is 11.9 Å². The van der Waals surface area contributed by atoms with Gasteiger partial charge in [-0.1, -0.05) is 22.9 Å². The SMILES string of the molecule is O=C(CCSCSCCC[S+]([O-])CCSCSCCSC(=O)CCSCSCCC(=O)OCCO)OCCO. The second-order valence-corrected chi connectivity index (χ2v) is 17.9. The summed E-state index contributed by atoms with van der Waals surface area (Å²) >= 11 is 11.1.